The first kappa shape index (κ1) is 25.1. The maximum atomic E-state index is 13.6. The molecule has 1 saturated heterocycles. The van der Waals surface area contributed by atoms with E-state index in [-0.39, 0.29) is 17.0 Å². The number of hydrogen-bond donors (Lipinski definition) is 0. The van der Waals surface area contributed by atoms with E-state index < -0.39 is 25.8 Å². The minimum atomic E-state index is -3.87. The van der Waals surface area contributed by atoms with Gasteiger partial charge in [-0.25, -0.2) is 3.63 Å². The van der Waals surface area contributed by atoms with Gasteiger partial charge in [-0.3, -0.25) is 4.79 Å². The lowest BCUT2D eigenvalue weighted by molar-refractivity contribution is -0.128. The second-order valence-corrected chi connectivity index (χ2v) is 15.8. The van der Waals surface area contributed by atoms with Gasteiger partial charge in [0.2, 0.25) is 0 Å². The average Bonchev–Trinajstić information content (AvgIpc) is 3.33. The lowest BCUT2D eigenvalue weighted by Crippen LogP contribution is -2.42. The van der Waals surface area contributed by atoms with Gasteiger partial charge in [0.05, 0.1) is 17.8 Å². The van der Waals surface area contributed by atoms with Gasteiger partial charge in [0.1, 0.15) is 11.5 Å². The van der Waals surface area contributed by atoms with Crippen LogP contribution in [0.1, 0.15) is 76.8 Å². The number of benzene rings is 1. The Bertz CT molecular complexity index is 1000. The summed E-state index contributed by atoms with van der Waals surface area (Å²) < 4.78 is 39.4. The van der Waals surface area contributed by atoms with Crippen molar-refractivity contribution in [3.05, 3.63) is 23.3 Å². The van der Waals surface area contributed by atoms with Crippen LogP contribution >= 0.6 is 10.3 Å². The zero-order valence-electron chi connectivity index (χ0n) is 20.9. The number of ether oxygens (including phenoxy) is 1. The first-order chi connectivity index (χ1) is 15.5. The Balaban J connectivity index is 1.62. The van der Waals surface area contributed by atoms with E-state index in [1.807, 2.05) is 13.8 Å². The van der Waals surface area contributed by atoms with Crippen LogP contribution in [0.15, 0.2) is 17.0 Å². The Kier molecular flexibility index (Phi) is 6.73. The Hall–Kier alpha value is -1.05. The fourth-order valence-corrected chi connectivity index (χ4v) is 13.1. The van der Waals surface area contributed by atoms with Crippen LogP contribution in [0.5, 0.6) is 5.75 Å². The number of fused-ring (bicyclic) bond motifs is 2. The summed E-state index contributed by atoms with van der Waals surface area (Å²) in [6.07, 6.45) is 6.13. The van der Waals surface area contributed by atoms with Crippen LogP contribution in [0.3, 0.4) is 0 Å². The minimum Gasteiger partial charge on any atom is -0.493 e. The van der Waals surface area contributed by atoms with E-state index in [9.17, 15) is 13.2 Å². The molecule has 2 saturated carbocycles. The predicted octanol–water partition coefficient (Wildman–Crippen LogP) is 6.10. The van der Waals surface area contributed by atoms with Gasteiger partial charge < -0.3 is 4.74 Å². The standard InChI is InChI=1S/C26H40O5S2/c1-6-7-12-30-24-19(2)15-22(16-20(24)3)32(13-8-9-14-32)31-33(28,29)18-26-11-10-21(17-23(26)27)25(26,4)5/h15-16,21H,6-14,17-18H2,1-5H3. The van der Waals surface area contributed by atoms with Crippen molar-refractivity contribution in [2.45, 2.75) is 84.5 Å². The third-order valence-electron chi connectivity index (χ3n) is 8.60. The molecule has 5 nitrogen and oxygen atoms in total. The first-order valence-electron chi connectivity index (χ1n) is 12.5. The molecule has 0 radical (unpaired) electrons. The predicted molar refractivity (Wildman–Crippen MR) is 135 cm³/mol. The number of unbranched alkanes of at least 4 members (excludes halogenated alkanes) is 1. The topological polar surface area (TPSA) is 69.7 Å². The molecule has 33 heavy (non-hydrogen) atoms. The highest BCUT2D eigenvalue weighted by molar-refractivity contribution is 8.33. The molecule has 2 atom stereocenters. The molecule has 2 unspecified atom stereocenters. The summed E-state index contributed by atoms with van der Waals surface area (Å²) in [4.78, 5) is 13.9. The molecule has 0 spiro atoms. The van der Waals surface area contributed by atoms with Crippen molar-refractivity contribution in [2.24, 2.45) is 16.7 Å². The normalized spacial score (nSPS) is 28.9. The zero-order chi connectivity index (χ0) is 24.1. The van der Waals surface area contributed by atoms with Crippen molar-refractivity contribution in [1.29, 1.82) is 0 Å². The largest absolute Gasteiger partial charge is 0.493 e. The molecule has 3 fully saturated rings. The van der Waals surface area contributed by atoms with Crippen molar-refractivity contribution in [3.8, 4) is 5.75 Å². The maximum absolute atomic E-state index is 13.6. The average molecular weight is 497 g/mol. The van der Waals surface area contributed by atoms with E-state index in [1.165, 1.54) is 0 Å². The van der Waals surface area contributed by atoms with Crippen molar-refractivity contribution in [1.82, 2.24) is 0 Å². The van der Waals surface area contributed by atoms with Gasteiger partial charge in [0.25, 0.3) is 10.1 Å². The summed E-state index contributed by atoms with van der Waals surface area (Å²) in [6.45, 7) is 11.0. The number of Topliss-reactive ketones (excluding diaryl/α,β-unsaturated/α-hetero) is 1. The molecule has 2 bridgehead atoms. The fraction of sp³-hybridized carbons (Fsp3) is 0.731. The molecule has 1 aromatic carbocycles. The molecule has 1 aliphatic heterocycles. The quantitative estimate of drug-likeness (QED) is 0.387. The van der Waals surface area contributed by atoms with Crippen LogP contribution in [0.2, 0.25) is 0 Å². The fourth-order valence-electron chi connectivity index (χ4n) is 6.42. The molecule has 3 aliphatic rings. The van der Waals surface area contributed by atoms with Gasteiger partial charge >= 0.3 is 0 Å². The summed E-state index contributed by atoms with van der Waals surface area (Å²) in [5.41, 5.74) is 0.984. The lowest BCUT2D eigenvalue weighted by Gasteiger charge is -2.39. The Morgan fingerprint density at radius 2 is 1.76 bits per heavy atom. The van der Waals surface area contributed by atoms with Crippen LogP contribution in [-0.4, -0.2) is 38.1 Å². The van der Waals surface area contributed by atoms with E-state index in [4.69, 9.17) is 8.37 Å². The monoisotopic (exact) mass is 496 g/mol. The molecule has 4 rings (SSSR count). The van der Waals surface area contributed by atoms with E-state index >= 15 is 0 Å². The highest BCUT2D eigenvalue weighted by atomic mass is 32.3. The molecule has 7 heteroatoms. The molecule has 0 N–H and O–H groups in total. The van der Waals surface area contributed by atoms with Crippen LogP contribution in [0.4, 0.5) is 0 Å². The SMILES string of the molecule is CCCCOc1c(C)cc(S2(OS(=O)(=O)CC34CCC(CC3=O)C4(C)C)CCCC2)cc1C. The first-order valence-corrected chi connectivity index (χ1v) is 15.9. The second-order valence-electron chi connectivity index (χ2n) is 11.0. The van der Waals surface area contributed by atoms with Gasteiger partial charge in [-0.05, 0) is 80.5 Å². The lowest BCUT2D eigenvalue weighted by atomic mass is 9.70. The third-order valence-corrected chi connectivity index (χ3v) is 14.3. The van der Waals surface area contributed by atoms with Crippen LogP contribution < -0.4 is 4.74 Å². The molecular weight excluding hydrogens is 456 g/mol. The second kappa shape index (κ2) is 8.87. The van der Waals surface area contributed by atoms with Gasteiger partial charge in [-0.15, -0.1) is 0 Å². The number of carbonyl (C=O) groups is 1. The highest BCUT2D eigenvalue weighted by Gasteiger charge is 2.65. The number of rotatable bonds is 9. The van der Waals surface area contributed by atoms with Gasteiger partial charge in [0.15, 0.2) is 0 Å². The molecule has 186 valence electrons. The molecule has 2 aliphatic carbocycles. The molecule has 0 amide bonds. The summed E-state index contributed by atoms with van der Waals surface area (Å²) >= 11 is 0. The zero-order valence-corrected chi connectivity index (χ0v) is 22.5. The Labute approximate surface area is 201 Å². The minimum absolute atomic E-state index is 0.117. The Morgan fingerprint density at radius 3 is 2.27 bits per heavy atom. The number of ketones is 1. The van der Waals surface area contributed by atoms with Crippen molar-refractivity contribution >= 4 is 26.2 Å². The van der Waals surface area contributed by atoms with Crippen LogP contribution in [0.25, 0.3) is 0 Å². The highest BCUT2D eigenvalue weighted by Crippen LogP contribution is 2.67. The summed E-state index contributed by atoms with van der Waals surface area (Å²) in [7, 11) is -5.83. The molecular formula is C26H40O5S2. The number of carbonyl (C=O) groups excluding carboxylic acids is 1. The summed E-state index contributed by atoms with van der Waals surface area (Å²) in [6, 6.07) is 4.16. The maximum Gasteiger partial charge on any atom is 0.277 e. The van der Waals surface area contributed by atoms with Crippen molar-refractivity contribution in [3.63, 3.8) is 0 Å². The van der Waals surface area contributed by atoms with E-state index in [2.05, 4.69) is 32.9 Å². The van der Waals surface area contributed by atoms with E-state index in [0.29, 0.717) is 25.4 Å². The molecule has 1 heterocycles. The van der Waals surface area contributed by atoms with Crippen molar-refractivity contribution in [2.75, 3.05) is 23.9 Å². The van der Waals surface area contributed by atoms with Crippen LogP contribution in [0, 0.1) is 30.6 Å². The van der Waals surface area contributed by atoms with Gasteiger partial charge in [0, 0.05) is 22.8 Å². The van der Waals surface area contributed by atoms with E-state index in [1.54, 1.807) is 0 Å². The smallest absolute Gasteiger partial charge is 0.277 e. The summed E-state index contributed by atoms with van der Waals surface area (Å²) in [5, 5.41) is 0. The number of hydrogen-bond acceptors (Lipinski definition) is 5. The van der Waals surface area contributed by atoms with Crippen molar-refractivity contribution < 1.29 is 21.6 Å². The van der Waals surface area contributed by atoms with Gasteiger partial charge in [-0.2, -0.15) is 8.42 Å². The molecule has 1 aromatic rings. The summed E-state index contributed by atoms with van der Waals surface area (Å²) in [5.74, 6) is 2.65. The third kappa shape index (κ3) is 4.27. The molecule has 0 aromatic heterocycles. The van der Waals surface area contributed by atoms with E-state index in [0.717, 1.165) is 65.4 Å². The van der Waals surface area contributed by atoms with Gasteiger partial charge in [-0.1, -0.05) is 37.5 Å². The van der Waals surface area contributed by atoms with Crippen LogP contribution in [-0.2, 0) is 18.5 Å². The number of aryl methyl sites for hydroxylation is 2. The Morgan fingerprint density at radius 1 is 1.12 bits per heavy atom.